The first kappa shape index (κ1) is 11.8. The first-order chi connectivity index (χ1) is 8.69. The molecule has 0 aromatic heterocycles. The highest BCUT2D eigenvalue weighted by Gasteiger charge is 2.46. The van der Waals surface area contributed by atoms with E-state index in [2.05, 4.69) is 6.92 Å². The smallest absolute Gasteiger partial charge is 0.122 e. The summed E-state index contributed by atoms with van der Waals surface area (Å²) in [6.07, 6.45) is 1.93. The molecule has 4 atom stereocenters. The minimum absolute atomic E-state index is 0.199. The van der Waals surface area contributed by atoms with Gasteiger partial charge < -0.3 is 14.6 Å². The molecular weight excluding hydrogens is 228 g/mol. The quantitative estimate of drug-likeness (QED) is 0.874. The number of hydrogen-bond donors (Lipinski definition) is 1. The Kier molecular flexibility index (Phi) is 2.74. The van der Waals surface area contributed by atoms with E-state index < -0.39 is 0 Å². The van der Waals surface area contributed by atoms with E-state index >= 15 is 0 Å². The second kappa shape index (κ2) is 4.16. The lowest BCUT2D eigenvalue weighted by atomic mass is 9.60. The van der Waals surface area contributed by atoms with Crippen molar-refractivity contribution in [2.24, 2.45) is 5.92 Å². The van der Waals surface area contributed by atoms with Crippen LogP contribution in [0.1, 0.15) is 42.7 Å². The molecule has 1 saturated carbocycles. The molecule has 3 heteroatoms. The first-order valence-corrected chi connectivity index (χ1v) is 6.61. The molecule has 1 aromatic carbocycles. The Labute approximate surface area is 108 Å². The molecule has 2 bridgehead atoms. The molecule has 0 amide bonds. The monoisotopic (exact) mass is 248 g/mol. The molecule has 4 rings (SSSR count). The molecule has 98 valence electrons. The molecule has 0 heterocycles. The number of ether oxygens (including phenoxy) is 2. The predicted molar refractivity (Wildman–Crippen MR) is 69.4 cm³/mol. The van der Waals surface area contributed by atoms with Crippen molar-refractivity contribution in [1.82, 2.24) is 0 Å². The molecule has 18 heavy (non-hydrogen) atoms. The summed E-state index contributed by atoms with van der Waals surface area (Å²) >= 11 is 0. The van der Waals surface area contributed by atoms with E-state index in [4.69, 9.17) is 9.47 Å². The molecule has 1 N–H and O–H groups in total. The van der Waals surface area contributed by atoms with Gasteiger partial charge >= 0.3 is 0 Å². The van der Waals surface area contributed by atoms with Gasteiger partial charge in [0.05, 0.1) is 20.3 Å². The number of aliphatic hydroxyl groups is 1. The van der Waals surface area contributed by atoms with Crippen molar-refractivity contribution >= 4 is 0 Å². The maximum Gasteiger partial charge on any atom is 0.122 e. The Balaban J connectivity index is 2.24. The average molecular weight is 248 g/mol. The zero-order valence-electron chi connectivity index (χ0n) is 11.1. The number of aliphatic hydroxyl groups excluding tert-OH is 1. The molecule has 0 saturated heterocycles. The Bertz CT molecular complexity index is 426. The van der Waals surface area contributed by atoms with E-state index in [1.54, 1.807) is 14.2 Å². The molecule has 3 aliphatic rings. The van der Waals surface area contributed by atoms with Crippen molar-refractivity contribution in [3.8, 4) is 11.5 Å². The predicted octanol–water partition coefficient (Wildman–Crippen LogP) is 2.68. The Morgan fingerprint density at radius 1 is 1.00 bits per heavy atom. The van der Waals surface area contributed by atoms with Gasteiger partial charge in [0.25, 0.3) is 0 Å². The molecule has 3 nitrogen and oxygen atoms in total. The molecule has 1 aromatic rings. The van der Waals surface area contributed by atoms with E-state index in [9.17, 15) is 5.11 Å². The van der Waals surface area contributed by atoms with Crippen molar-refractivity contribution in [1.29, 1.82) is 0 Å². The maximum atomic E-state index is 10.4. The molecular formula is C15H20O3. The van der Waals surface area contributed by atoms with Crippen LogP contribution in [0.15, 0.2) is 12.1 Å². The number of fused-ring (bicyclic) bond motifs is 2. The van der Waals surface area contributed by atoms with Gasteiger partial charge in [-0.2, -0.15) is 0 Å². The summed E-state index contributed by atoms with van der Waals surface area (Å²) in [5, 5.41) is 10.4. The molecule has 0 spiro atoms. The second-order valence-corrected chi connectivity index (χ2v) is 5.44. The Morgan fingerprint density at radius 3 is 2.06 bits per heavy atom. The van der Waals surface area contributed by atoms with Gasteiger partial charge in [-0.3, -0.25) is 0 Å². The van der Waals surface area contributed by atoms with Crippen LogP contribution in [-0.2, 0) is 0 Å². The first-order valence-electron chi connectivity index (χ1n) is 6.61. The van der Waals surface area contributed by atoms with Gasteiger partial charge in [0.15, 0.2) is 0 Å². The van der Waals surface area contributed by atoms with Gasteiger partial charge in [-0.05, 0) is 36.8 Å². The van der Waals surface area contributed by atoms with Crippen molar-refractivity contribution in [2.45, 2.75) is 37.7 Å². The van der Waals surface area contributed by atoms with Gasteiger partial charge in [-0.25, -0.2) is 0 Å². The van der Waals surface area contributed by atoms with Crippen molar-refractivity contribution in [2.75, 3.05) is 14.2 Å². The summed E-state index contributed by atoms with van der Waals surface area (Å²) in [4.78, 5) is 0. The third-order valence-electron chi connectivity index (χ3n) is 4.76. The lowest BCUT2D eigenvalue weighted by Crippen LogP contribution is -2.41. The Hall–Kier alpha value is -1.22. The van der Waals surface area contributed by atoms with Crippen LogP contribution in [0.2, 0.25) is 0 Å². The SMILES string of the molecule is COc1ccc(OC)c2c1[C@H]1CC[C@@H]2[C@H](O)[C@H]1C. The van der Waals surface area contributed by atoms with Crippen LogP contribution in [0, 0.1) is 5.92 Å². The van der Waals surface area contributed by atoms with E-state index in [0.717, 1.165) is 24.3 Å². The van der Waals surface area contributed by atoms with Crippen molar-refractivity contribution < 1.29 is 14.6 Å². The lowest BCUT2D eigenvalue weighted by molar-refractivity contribution is 0.0297. The highest BCUT2D eigenvalue weighted by atomic mass is 16.5. The molecule has 1 fully saturated rings. The fourth-order valence-corrected chi connectivity index (χ4v) is 3.84. The fourth-order valence-electron chi connectivity index (χ4n) is 3.84. The molecule has 0 radical (unpaired) electrons. The Morgan fingerprint density at radius 2 is 1.50 bits per heavy atom. The minimum Gasteiger partial charge on any atom is -0.496 e. The van der Waals surface area contributed by atoms with Gasteiger partial charge in [0.2, 0.25) is 0 Å². The second-order valence-electron chi connectivity index (χ2n) is 5.44. The van der Waals surface area contributed by atoms with Crippen LogP contribution in [-0.4, -0.2) is 25.4 Å². The molecule has 0 unspecified atom stereocenters. The molecule has 0 aliphatic heterocycles. The van der Waals surface area contributed by atoms with E-state index in [0.29, 0.717) is 11.8 Å². The van der Waals surface area contributed by atoms with Gasteiger partial charge in [-0.1, -0.05) is 6.92 Å². The third-order valence-corrected chi connectivity index (χ3v) is 4.76. The normalized spacial score (nSPS) is 33.1. The summed E-state index contributed by atoms with van der Waals surface area (Å²) in [6, 6.07) is 3.94. The summed E-state index contributed by atoms with van der Waals surface area (Å²) < 4.78 is 11.0. The largest absolute Gasteiger partial charge is 0.496 e. The summed E-state index contributed by atoms with van der Waals surface area (Å²) in [6.45, 7) is 2.14. The van der Waals surface area contributed by atoms with Crippen LogP contribution >= 0.6 is 0 Å². The van der Waals surface area contributed by atoms with Gasteiger partial charge in [0, 0.05) is 17.0 Å². The summed E-state index contributed by atoms with van der Waals surface area (Å²) in [5.41, 5.74) is 2.45. The van der Waals surface area contributed by atoms with Crippen LogP contribution < -0.4 is 9.47 Å². The zero-order chi connectivity index (χ0) is 12.9. The van der Waals surface area contributed by atoms with Crippen molar-refractivity contribution in [3.05, 3.63) is 23.3 Å². The molecule has 3 aliphatic carbocycles. The average Bonchev–Trinajstić information content (AvgIpc) is 2.42. The number of hydrogen-bond acceptors (Lipinski definition) is 3. The topological polar surface area (TPSA) is 38.7 Å². The van der Waals surface area contributed by atoms with Crippen molar-refractivity contribution in [3.63, 3.8) is 0 Å². The number of benzene rings is 1. The third kappa shape index (κ3) is 1.40. The van der Waals surface area contributed by atoms with E-state index in [1.165, 1.54) is 11.1 Å². The van der Waals surface area contributed by atoms with Crippen LogP contribution in [0.3, 0.4) is 0 Å². The minimum atomic E-state index is -0.253. The van der Waals surface area contributed by atoms with Gasteiger partial charge in [0.1, 0.15) is 11.5 Å². The standard InChI is InChI=1S/C15H20O3/c1-8-9-4-5-10(15(8)16)14-12(18-3)7-6-11(17-2)13(9)14/h6-10,15-16H,4-5H2,1-3H3/t8-,9-,10-,15+/m0/s1. The van der Waals surface area contributed by atoms with Gasteiger partial charge in [-0.15, -0.1) is 0 Å². The van der Waals surface area contributed by atoms with Crippen LogP contribution in [0.4, 0.5) is 0 Å². The lowest BCUT2D eigenvalue weighted by Gasteiger charge is -2.47. The highest BCUT2D eigenvalue weighted by Crippen LogP contribution is 2.57. The summed E-state index contributed by atoms with van der Waals surface area (Å²) in [7, 11) is 3.41. The zero-order valence-corrected chi connectivity index (χ0v) is 11.1. The number of methoxy groups -OCH3 is 2. The maximum absolute atomic E-state index is 10.4. The highest BCUT2D eigenvalue weighted by molar-refractivity contribution is 5.56. The fraction of sp³-hybridized carbons (Fsp3) is 0.600. The number of rotatable bonds is 2. The van der Waals surface area contributed by atoms with E-state index in [-0.39, 0.29) is 12.0 Å². The van der Waals surface area contributed by atoms with E-state index in [1.807, 2.05) is 12.1 Å². The van der Waals surface area contributed by atoms with Crippen LogP contribution in [0.25, 0.3) is 0 Å². The van der Waals surface area contributed by atoms with Crippen LogP contribution in [0.5, 0.6) is 11.5 Å². The summed E-state index contributed by atoms with van der Waals surface area (Å²) in [5.74, 6) is 2.73.